The number of hydrogen-bond acceptors (Lipinski definition) is 4. The predicted octanol–water partition coefficient (Wildman–Crippen LogP) is 1.74. The molecule has 2 aromatic rings. The number of phenols is 1. The summed E-state index contributed by atoms with van der Waals surface area (Å²) in [7, 11) is 0. The number of nitrogens with zero attached hydrogens (tertiary/aromatic N) is 2. The Balaban J connectivity index is 2.50. The molecule has 4 nitrogen and oxygen atoms in total. The Labute approximate surface area is 87.4 Å². The second kappa shape index (κ2) is 3.57. The fourth-order valence-electron chi connectivity index (χ4n) is 1.33. The van der Waals surface area contributed by atoms with Crippen molar-refractivity contribution in [3.05, 3.63) is 36.3 Å². The zero-order valence-electron chi connectivity index (χ0n) is 8.31. The zero-order chi connectivity index (χ0) is 10.8. The van der Waals surface area contributed by atoms with Gasteiger partial charge in [0.25, 0.3) is 0 Å². The zero-order valence-corrected chi connectivity index (χ0v) is 8.31. The first kappa shape index (κ1) is 9.45. The van der Waals surface area contributed by atoms with Crippen LogP contribution < -0.4 is 5.73 Å². The lowest BCUT2D eigenvalue weighted by Gasteiger charge is -2.03. The minimum absolute atomic E-state index is 0.0875. The fraction of sp³-hybridized carbons (Fsp3) is 0.0909. The van der Waals surface area contributed by atoms with Crippen molar-refractivity contribution in [2.45, 2.75) is 6.92 Å². The molecule has 3 N–H and O–H groups in total. The topological polar surface area (TPSA) is 72.0 Å². The second-order valence-corrected chi connectivity index (χ2v) is 3.26. The number of aryl methyl sites for hydroxylation is 1. The van der Waals surface area contributed by atoms with E-state index in [0.717, 1.165) is 11.3 Å². The highest BCUT2D eigenvalue weighted by Gasteiger charge is 2.02. The van der Waals surface area contributed by atoms with Gasteiger partial charge in [0.05, 0.1) is 11.4 Å². The number of anilines is 1. The maximum absolute atomic E-state index is 9.29. The lowest BCUT2D eigenvalue weighted by Crippen LogP contribution is -1.91. The molecule has 4 heteroatoms. The van der Waals surface area contributed by atoms with Crippen LogP contribution in [0.5, 0.6) is 5.75 Å². The van der Waals surface area contributed by atoms with Crippen molar-refractivity contribution in [1.82, 2.24) is 9.97 Å². The van der Waals surface area contributed by atoms with Crippen LogP contribution in [-0.2, 0) is 0 Å². The first-order chi connectivity index (χ1) is 7.16. The summed E-state index contributed by atoms with van der Waals surface area (Å²) in [6.45, 7) is 1.83. The van der Waals surface area contributed by atoms with Gasteiger partial charge in [-0.25, -0.2) is 9.97 Å². The smallest absolute Gasteiger partial charge is 0.138 e. The van der Waals surface area contributed by atoms with Gasteiger partial charge >= 0.3 is 0 Å². The summed E-state index contributed by atoms with van der Waals surface area (Å²) in [6.07, 6.45) is 1.70. The van der Waals surface area contributed by atoms with E-state index in [1.165, 1.54) is 0 Å². The second-order valence-electron chi connectivity index (χ2n) is 3.26. The minimum atomic E-state index is 0.0875. The molecule has 0 aliphatic carbocycles. The summed E-state index contributed by atoms with van der Waals surface area (Å²) in [5.74, 6) is 0.795. The van der Waals surface area contributed by atoms with Crippen LogP contribution >= 0.6 is 0 Å². The summed E-state index contributed by atoms with van der Waals surface area (Å²) >= 11 is 0. The van der Waals surface area contributed by atoms with E-state index in [2.05, 4.69) is 9.97 Å². The van der Waals surface area contributed by atoms with E-state index in [1.807, 2.05) is 6.92 Å². The molecule has 1 aromatic heterocycles. The number of aromatic hydroxyl groups is 1. The minimum Gasteiger partial charge on any atom is -0.506 e. The fourth-order valence-corrected chi connectivity index (χ4v) is 1.33. The summed E-state index contributed by atoms with van der Waals surface area (Å²) in [6, 6.07) is 6.82. The average Bonchev–Trinajstić information content (AvgIpc) is 2.22. The molecular weight excluding hydrogens is 190 g/mol. The van der Waals surface area contributed by atoms with E-state index in [0.29, 0.717) is 11.5 Å². The van der Waals surface area contributed by atoms with E-state index < -0.39 is 0 Å². The number of phenolic OH excluding ortho intramolecular Hbond substituents is 1. The molecule has 0 spiro atoms. The predicted molar refractivity (Wildman–Crippen MR) is 58.3 cm³/mol. The Hall–Kier alpha value is -2.10. The monoisotopic (exact) mass is 201 g/mol. The van der Waals surface area contributed by atoms with Gasteiger partial charge < -0.3 is 10.8 Å². The van der Waals surface area contributed by atoms with Gasteiger partial charge in [0.15, 0.2) is 0 Å². The van der Waals surface area contributed by atoms with Crippen LogP contribution in [0.25, 0.3) is 11.3 Å². The van der Waals surface area contributed by atoms with E-state index in [9.17, 15) is 5.11 Å². The van der Waals surface area contributed by atoms with Crippen LogP contribution in [0.3, 0.4) is 0 Å². The SMILES string of the molecule is Cc1nccc(-c2ccc(O)c(N)c2)n1. The third kappa shape index (κ3) is 1.88. The molecule has 0 aliphatic rings. The number of aromatic nitrogens is 2. The molecule has 0 amide bonds. The molecule has 2 rings (SSSR count). The van der Waals surface area contributed by atoms with E-state index in [4.69, 9.17) is 5.73 Å². The van der Waals surface area contributed by atoms with Crippen LogP contribution in [0.4, 0.5) is 5.69 Å². The normalized spacial score (nSPS) is 10.2. The number of nitrogen functional groups attached to an aromatic ring is 1. The van der Waals surface area contributed by atoms with Crippen LogP contribution in [0.15, 0.2) is 30.5 Å². The quantitative estimate of drug-likeness (QED) is 0.544. The molecule has 76 valence electrons. The molecule has 0 aliphatic heterocycles. The van der Waals surface area contributed by atoms with E-state index >= 15 is 0 Å². The number of benzene rings is 1. The van der Waals surface area contributed by atoms with Crippen molar-refractivity contribution in [2.75, 3.05) is 5.73 Å². The van der Waals surface area contributed by atoms with Crippen molar-refractivity contribution < 1.29 is 5.11 Å². The number of rotatable bonds is 1. The van der Waals surface area contributed by atoms with Crippen molar-refractivity contribution in [1.29, 1.82) is 0 Å². The molecule has 0 unspecified atom stereocenters. The molecule has 1 aromatic carbocycles. The molecule has 0 atom stereocenters. The molecule has 0 saturated heterocycles. The third-order valence-corrected chi connectivity index (χ3v) is 2.10. The van der Waals surface area contributed by atoms with Crippen molar-refractivity contribution in [2.24, 2.45) is 0 Å². The number of nitrogens with two attached hydrogens (primary N) is 1. The molecule has 0 saturated carbocycles. The summed E-state index contributed by atoms with van der Waals surface area (Å²) < 4.78 is 0. The lowest BCUT2D eigenvalue weighted by atomic mass is 10.1. The van der Waals surface area contributed by atoms with Gasteiger partial charge in [-0.2, -0.15) is 0 Å². The molecule has 0 fully saturated rings. The summed E-state index contributed by atoms with van der Waals surface area (Å²) in [5, 5.41) is 9.29. The van der Waals surface area contributed by atoms with Crippen molar-refractivity contribution >= 4 is 5.69 Å². The molecule has 1 heterocycles. The lowest BCUT2D eigenvalue weighted by molar-refractivity contribution is 0.478. The van der Waals surface area contributed by atoms with Crippen LogP contribution in [0, 0.1) is 6.92 Å². The highest BCUT2D eigenvalue weighted by atomic mass is 16.3. The van der Waals surface area contributed by atoms with Crippen molar-refractivity contribution in [3.63, 3.8) is 0 Å². The Morgan fingerprint density at radius 1 is 1.27 bits per heavy atom. The first-order valence-electron chi connectivity index (χ1n) is 4.55. The van der Waals surface area contributed by atoms with Gasteiger partial charge in [-0.3, -0.25) is 0 Å². The summed E-state index contributed by atoms with van der Waals surface area (Å²) in [4.78, 5) is 8.28. The standard InChI is InChI=1S/C11H11N3O/c1-7-13-5-4-10(14-7)8-2-3-11(15)9(12)6-8/h2-6,15H,12H2,1H3. The van der Waals surface area contributed by atoms with Gasteiger partial charge in [-0.1, -0.05) is 0 Å². The number of hydrogen-bond donors (Lipinski definition) is 2. The maximum Gasteiger partial charge on any atom is 0.138 e. The average molecular weight is 201 g/mol. The first-order valence-corrected chi connectivity index (χ1v) is 4.55. The third-order valence-electron chi connectivity index (χ3n) is 2.10. The Kier molecular flexibility index (Phi) is 2.25. The van der Waals surface area contributed by atoms with Gasteiger partial charge in [-0.05, 0) is 31.2 Å². The molecule has 15 heavy (non-hydrogen) atoms. The van der Waals surface area contributed by atoms with Gasteiger partial charge in [0.1, 0.15) is 11.6 Å². The molecule has 0 bridgehead atoms. The van der Waals surface area contributed by atoms with Crippen LogP contribution in [0.2, 0.25) is 0 Å². The molecule has 0 radical (unpaired) electrons. The highest BCUT2D eigenvalue weighted by molar-refractivity contribution is 5.67. The summed E-state index contributed by atoms with van der Waals surface area (Å²) in [5.41, 5.74) is 7.62. The maximum atomic E-state index is 9.29. The van der Waals surface area contributed by atoms with Gasteiger partial charge in [0, 0.05) is 11.8 Å². The van der Waals surface area contributed by atoms with E-state index in [-0.39, 0.29) is 5.75 Å². The van der Waals surface area contributed by atoms with E-state index in [1.54, 1.807) is 30.5 Å². The Morgan fingerprint density at radius 2 is 2.07 bits per heavy atom. The highest BCUT2D eigenvalue weighted by Crippen LogP contribution is 2.26. The van der Waals surface area contributed by atoms with Gasteiger partial charge in [-0.15, -0.1) is 0 Å². The Bertz CT molecular complexity index is 497. The van der Waals surface area contributed by atoms with Crippen LogP contribution in [-0.4, -0.2) is 15.1 Å². The van der Waals surface area contributed by atoms with Gasteiger partial charge in [0.2, 0.25) is 0 Å². The Morgan fingerprint density at radius 3 is 2.73 bits per heavy atom. The van der Waals surface area contributed by atoms with Crippen LogP contribution in [0.1, 0.15) is 5.82 Å². The van der Waals surface area contributed by atoms with Crippen molar-refractivity contribution in [3.8, 4) is 17.0 Å². The largest absolute Gasteiger partial charge is 0.506 e. The molecular formula is C11H11N3O.